The van der Waals surface area contributed by atoms with Crippen molar-refractivity contribution in [2.45, 2.75) is 27.2 Å². The van der Waals surface area contributed by atoms with E-state index in [2.05, 4.69) is 0 Å². The van der Waals surface area contributed by atoms with Crippen molar-refractivity contribution in [2.24, 2.45) is 0 Å². The normalized spacial score (nSPS) is 11.3. The molecule has 0 aliphatic heterocycles. The lowest BCUT2D eigenvalue weighted by Crippen LogP contribution is -2.03. The number of halogens is 2. The van der Waals surface area contributed by atoms with Crippen molar-refractivity contribution < 1.29 is 4.79 Å². The number of ketones is 1. The highest BCUT2D eigenvalue weighted by Gasteiger charge is 2.10. The summed E-state index contributed by atoms with van der Waals surface area (Å²) < 4.78 is 0. The summed E-state index contributed by atoms with van der Waals surface area (Å²) in [5.74, 6) is 0.0179. The summed E-state index contributed by atoms with van der Waals surface area (Å²) in [7, 11) is 0. The molecule has 124 valence electrons. The minimum Gasteiger partial charge on any atom is -0.289 e. The summed E-state index contributed by atoms with van der Waals surface area (Å²) >= 11 is 12.1. The molecule has 1 nitrogen and oxygen atoms in total. The molecule has 0 radical (unpaired) electrons. The molecule has 0 N–H and O–H groups in total. The Hall–Kier alpha value is -1.83. The van der Waals surface area contributed by atoms with E-state index in [1.807, 2.05) is 69.3 Å². The Labute approximate surface area is 153 Å². The highest BCUT2D eigenvalue weighted by atomic mass is 35.5. The van der Waals surface area contributed by atoms with Crippen LogP contribution in [0.3, 0.4) is 0 Å². The van der Waals surface area contributed by atoms with E-state index in [0.717, 1.165) is 16.7 Å². The molecule has 2 rings (SSSR count). The maximum absolute atomic E-state index is 12.8. The molecule has 0 heterocycles. The molecule has 0 aromatic heterocycles. The third-order valence-electron chi connectivity index (χ3n) is 3.50. The van der Waals surface area contributed by atoms with Gasteiger partial charge in [-0.25, -0.2) is 0 Å². The molecule has 0 amide bonds. The van der Waals surface area contributed by atoms with Crippen molar-refractivity contribution in [2.75, 3.05) is 0 Å². The van der Waals surface area contributed by atoms with Gasteiger partial charge in [-0.1, -0.05) is 70.8 Å². The van der Waals surface area contributed by atoms with Crippen LogP contribution < -0.4 is 0 Å². The quantitative estimate of drug-likeness (QED) is 0.333. The van der Waals surface area contributed by atoms with E-state index < -0.39 is 0 Å². The Morgan fingerprint density at radius 1 is 1.00 bits per heavy atom. The third kappa shape index (κ3) is 5.36. The van der Waals surface area contributed by atoms with E-state index in [9.17, 15) is 4.79 Å². The predicted molar refractivity (Wildman–Crippen MR) is 103 cm³/mol. The number of hydrogen-bond acceptors (Lipinski definition) is 1. The van der Waals surface area contributed by atoms with Crippen LogP contribution in [0.4, 0.5) is 0 Å². The lowest BCUT2D eigenvalue weighted by molar-refractivity contribution is 0.103. The zero-order valence-corrected chi connectivity index (χ0v) is 15.6. The van der Waals surface area contributed by atoms with E-state index in [0.29, 0.717) is 27.6 Å². The summed E-state index contributed by atoms with van der Waals surface area (Å²) in [4.78, 5) is 12.8. The fourth-order valence-corrected chi connectivity index (χ4v) is 2.93. The minimum absolute atomic E-state index is 0.0179. The van der Waals surface area contributed by atoms with Gasteiger partial charge in [0.2, 0.25) is 0 Å². The Kier molecular flexibility index (Phi) is 6.42. The van der Waals surface area contributed by atoms with Crippen LogP contribution in [-0.4, -0.2) is 5.78 Å². The van der Waals surface area contributed by atoms with Gasteiger partial charge in [0, 0.05) is 21.2 Å². The first-order valence-electron chi connectivity index (χ1n) is 7.76. The zero-order chi connectivity index (χ0) is 17.7. The second-order valence-corrected chi connectivity index (χ2v) is 6.93. The third-order valence-corrected chi connectivity index (χ3v) is 3.94. The van der Waals surface area contributed by atoms with Gasteiger partial charge in [0.1, 0.15) is 0 Å². The molecule has 3 heteroatoms. The second-order valence-electron chi connectivity index (χ2n) is 6.06. The number of carbonyl (C=O) groups is 1. The Morgan fingerprint density at radius 2 is 1.58 bits per heavy atom. The molecule has 0 unspecified atom stereocenters. The number of allylic oxidation sites excluding steroid dienone is 4. The van der Waals surface area contributed by atoms with Crippen LogP contribution in [0.25, 0.3) is 0 Å². The molecule has 0 atom stereocenters. The summed E-state index contributed by atoms with van der Waals surface area (Å²) in [6, 6.07) is 13.0. The molecule has 2 aromatic rings. The predicted octanol–water partition coefficient (Wildman–Crippen LogP) is 6.62. The highest BCUT2D eigenvalue weighted by Crippen LogP contribution is 2.21. The van der Waals surface area contributed by atoms with Crippen molar-refractivity contribution in [3.63, 3.8) is 0 Å². The first-order valence-corrected chi connectivity index (χ1v) is 8.52. The molecule has 0 saturated heterocycles. The van der Waals surface area contributed by atoms with Gasteiger partial charge in [0.15, 0.2) is 5.78 Å². The molecule has 0 bridgehead atoms. The summed E-state index contributed by atoms with van der Waals surface area (Å²) in [6.07, 6.45) is 4.43. The second kappa shape index (κ2) is 8.32. The van der Waals surface area contributed by atoms with Gasteiger partial charge in [-0.2, -0.15) is 0 Å². The maximum atomic E-state index is 12.8. The first-order chi connectivity index (χ1) is 11.3. The van der Waals surface area contributed by atoms with Crippen LogP contribution in [0, 0.1) is 6.92 Å². The van der Waals surface area contributed by atoms with Gasteiger partial charge in [-0.3, -0.25) is 4.79 Å². The summed E-state index contributed by atoms with van der Waals surface area (Å²) in [5, 5.41) is 1.19. The number of benzene rings is 2. The molecule has 0 aliphatic rings. The molecule has 0 spiro atoms. The molecule has 0 fully saturated rings. The molecule has 2 aromatic carbocycles. The standard InChI is InChI=1S/C21H20Cl2O/c1-14(2)10-18(21(24)17-7-4-15(3)5-8-17)9-6-16-11-19(22)13-20(23)12-16/h4-5,7-13H,6H2,1-3H3/b18-9+. The molecular formula is C21H20Cl2O. The topological polar surface area (TPSA) is 17.1 Å². The van der Waals surface area contributed by atoms with E-state index >= 15 is 0 Å². The molecule has 24 heavy (non-hydrogen) atoms. The molecular weight excluding hydrogens is 339 g/mol. The average Bonchev–Trinajstić information content (AvgIpc) is 2.50. The van der Waals surface area contributed by atoms with E-state index in [-0.39, 0.29) is 5.78 Å². The van der Waals surface area contributed by atoms with E-state index in [4.69, 9.17) is 23.2 Å². The zero-order valence-electron chi connectivity index (χ0n) is 14.1. The van der Waals surface area contributed by atoms with Crippen molar-refractivity contribution >= 4 is 29.0 Å². The van der Waals surface area contributed by atoms with E-state index in [1.165, 1.54) is 0 Å². The maximum Gasteiger partial charge on any atom is 0.192 e. The van der Waals surface area contributed by atoms with Crippen molar-refractivity contribution in [3.8, 4) is 0 Å². The van der Waals surface area contributed by atoms with Crippen LogP contribution in [0.15, 0.2) is 65.8 Å². The Balaban J connectivity index is 2.32. The first kappa shape index (κ1) is 18.5. The number of hydrogen-bond donors (Lipinski definition) is 0. The van der Waals surface area contributed by atoms with Crippen LogP contribution in [0.5, 0.6) is 0 Å². The van der Waals surface area contributed by atoms with Gasteiger partial charge in [-0.15, -0.1) is 0 Å². The number of aryl methyl sites for hydroxylation is 1. The smallest absolute Gasteiger partial charge is 0.192 e. The number of rotatable bonds is 5. The largest absolute Gasteiger partial charge is 0.289 e. The fraction of sp³-hybridized carbons (Fsp3) is 0.190. The highest BCUT2D eigenvalue weighted by molar-refractivity contribution is 6.34. The van der Waals surface area contributed by atoms with Gasteiger partial charge in [0.05, 0.1) is 0 Å². The lowest BCUT2D eigenvalue weighted by Gasteiger charge is -2.06. The van der Waals surface area contributed by atoms with Gasteiger partial charge in [-0.05, 0) is 51.0 Å². The van der Waals surface area contributed by atoms with Gasteiger partial charge >= 0.3 is 0 Å². The van der Waals surface area contributed by atoms with Crippen molar-refractivity contribution in [3.05, 3.63) is 92.5 Å². The van der Waals surface area contributed by atoms with E-state index in [1.54, 1.807) is 6.07 Å². The summed E-state index contributed by atoms with van der Waals surface area (Å²) in [5.41, 5.74) is 4.55. The number of carbonyl (C=O) groups excluding carboxylic acids is 1. The molecule has 0 aliphatic carbocycles. The van der Waals surface area contributed by atoms with Gasteiger partial charge < -0.3 is 0 Å². The average molecular weight is 359 g/mol. The lowest BCUT2D eigenvalue weighted by atomic mass is 9.98. The minimum atomic E-state index is 0.0179. The van der Waals surface area contributed by atoms with Crippen LogP contribution in [-0.2, 0) is 6.42 Å². The molecule has 0 saturated carbocycles. The van der Waals surface area contributed by atoms with Crippen molar-refractivity contribution in [1.82, 2.24) is 0 Å². The number of Topliss-reactive ketones (excluding diaryl/α,β-unsaturated/α-hetero) is 1. The van der Waals surface area contributed by atoms with Crippen LogP contribution in [0.1, 0.15) is 35.3 Å². The van der Waals surface area contributed by atoms with Crippen LogP contribution >= 0.6 is 23.2 Å². The monoisotopic (exact) mass is 358 g/mol. The van der Waals surface area contributed by atoms with Crippen molar-refractivity contribution in [1.29, 1.82) is 0 Å². The summed E-state index contributed by atoms with van der Waals surface area (Å²) in [6.45, 7) is 5.96. The SMILES string of the molecule is CC(C)=C/C(=C\Cc1cc(Cl)cc(Cl)c1)C(=O)c1ccc(C)cc1. The fourth-order valence-electron chi connectivity index (χ4n) is 2.36. The van der Waals surface area contributed by atoms with Gasteiger partial charge in [0.25, 0.3) is 0 Å². The Morgan fingerprint density at radius 3 is 2.12 bits per heavy atom. The van der Waals surface area contributed by atoms with Crippen LogP contribution in [0.2, 0.25) is 10.0 Å². The Bertz CT molecular complexity index is 775.